The molecule has 0 aromatic carbocycles. The van der Waals surface area contributed by atoms with Crippen LogP contribution >= 0.6 is 31.9 Å². The van der Waals surface area contributed by atoms with Crippen molar-refractivity contribution in [2.45, 2.75) is 0 Å². The second-order valence-electron chi connectivity index (χ2n) is 3.03. The van der Waals surface area contributed by atoms with Gasteiger partial charge in [-0.2, -0.15) is 0 Å². The lowest BCUT2D eigenvalue weighted by Crippen LogP contribution is -2.29. The van der Waals surface area contributed by atoms with Crippen LogP contribution in [0, 0.1) is 0 Å². The molecular formula is C8H9Br2N5O. The highest BCUT2D eigenvalue weighted by molar-refractivity contribution is 9.13. The summed E-state index contributed by atoms with van der Waals surface area (Å²) >= 11 is 6.54. The zero-order chi connectivity index (χ0) is 12.1. The number of nitrogens with zero attached hydrogens (tertiary/aromatic N) is 4. The molecule has 0 atom stereocenters. The van der Waals surface area contributed by atoms with Gasteiger partial charge in [0.25, 0.3) is 5.91 Å². The summed E-state index contributed by atoms with van der Waals surface area (Å²) < 4.78 is 1.51. The van der Waals surface area contributed by atoms with Crippen molar-refractivity contribution < 1.29 is 4.79 Å². The number of amides is 1. The fraction of sp³-hybridized carbons (Fsp3) is 0.375. The predicted molar refractivity (Wildman–Crippen MR) is 67.2 cm³/mol. The number of azide groups is 1. The fourth-order valence-corrected chi connectivity index (χ4v) is 1.72. The highest BCUT2D eigenvalue weighted by Crippen LogP contribution is 2.23. The standard InChI is InChI=1S/C8H9Br2N5O/c1-15(3-2-12-14-11)8(16)6-4-5(9)7(10)13-6/h4,13H,2-3H2,1H3. The van der Waals surface area contributed by atoms with Crippen LogP contribution in [0.15, 0.2) is 20.3 Å². The third kappa shape index (κ3) is 3.26. The summed E-state index contributed by atoms with van der Waals surface area (Å²) in [5, 5.41) is 3.37. The summed E-state index contributed by atoms with van der Waals surface area (Å²) in [7, 11) is 1.65. The highest BCUT2D eigenvalue weighted by atomic mass is 79.9. The molecule has 1 aromatic rings. The van der Waals surface area contributed by atoms with Crippen molar-refractivity contribution in [3.8, 4) is 0 Å². The second-order valence-corrected chi connectivity index (χ2v) is 4.67. The topological polar surface area (TPSA) is 84.9 Å². The van der Waals surface area contributed by atoms with Gasteiger partial charge in [0, 0.05) is 25.0 Å². The van der Waals surface area contributed by atoms with Crippen molar-refractivity contribution in [1.82, 2.24) is 9.88 Å². The van der Waals surface area contributed by atoms with E-state index in [0.29, 0.717) is 12.2 Å². The van der Waals surface area contributed by atoms with E-state index in [0.717, 1.165) is 9.08 Å². The van der Waals surface area contributed by atoms with Crippen molar-refractivity contribution in [2.75, 3.05) is 20.1 Å². The van der Waals surface area contributed by atoms with Crippen molar-refractivity contribution in [3.63, 3.8) is 0 Å². The number of carbonyl (C=O) groups is 1. The van der Waals surface area contributed by atoms with Crippen LogP contribution in [0.25, 0.3) is 10.4 Å². The fourth-order valence-electron chi connectivity index (χ4n) is 1.07. The van der Waals surface area contributed by atoms with Gasteiger partial charge >= 0.3 is 0 Å². The molecule has 1 N–H and O–H groups in total. The van der Waals surface area contributed by atoms with E-state index in [1.165, 1.54) is 4.90 Å². The maximum Gasteiger partial charge on any atom is 0.270 e. The Kier molecular flexibility index (Phi) is 4.85. The number of carbonyl (C=O) groups excluding carboxylic acids is 1. The summed E-state index contributed by atoms with van der Waals surface area (Å²) in [6.45, 7) is 0.652. The maximum atomic E-state index is 11.8. The second kappa shape index (κ2) is 5.93. The van der Waals surface area contributed by atoms with E-state index in [2.05, 4.69) is 46.9 Å². The molecule has 1 rings (SSSR count). The van der Waals surface area contributed by atoms with Crippen molar-refractivity contribution in [1.29, 1.82) is 0 Å². The minimum Gasteiger partial charge on any atom is -0.344 e. The third-order valence-electron chi connectivity index (χ3n) is 1.90. The van der Waals surface area contributed by atoms with Crippen molar-refractivity contribution in [2.24, 2.45) is 5.11 Å². The molecule has 0 fully saturated rings. The van der Waals surface area contributed by atoms with Gasteiger partial charge in [0.05, 0.1) is 9.08 Å². The molecule has 0 bridgehead atoms. The quantitative estimate of drug-likeness (QED) is 0.505. The van der Waals surface area contributed by atoms with E-state index in [1.54, 1.807) is 13.1 Å². The number of halogens is 2. The number of aromatic amines is 1. The zero-order valence-corrected chi connectivity index (χ0v) is 11.6. The third-order valence-corrected chi connectivity index (χ3v) is 3.68. The highest BCUT2D eigenvalue weighted by Gasteiger charge is 2.14. The first kappa shape index (κ1) is 13.1. The molecule has 1 aromatic heterocycles. The van der Waals surface area contributed by atoms with Crippen LogP contribution in [0.1, 0.15) is 10.5 Å². The Bertz CT molecular complexity index is 418. The predicted octanol–water partition coefficient (Wildman–Crippen LogP) is 2.92. The van der Waals surface area contributed by atoms with E-state index in [-0.39, 0.29) is 12.5 Å². The van der Waals surface area contributed by atoms with Gasteiger partial charge in [-0.15, -0.1) is 0 Å². The molecule has 8 heteroatoms. The summed E-state index contributed by atoms with van der Waals surface area (Å²) in [5.74, 6) is -0.153. The summed E-state index contributed by atoms with van der Waals surface area (Å²) in [6, 6.07) is 1.69. The number of aromatic nitrogens is 1. The Labute approximate surface area is 109 Å². The zero-order valence-electron chi connectivity index (χ0n) is 8.44. The first-order valence-corrected chi connectivity index (χ1v) is 5.95. The van der Waals surface area contributed by atoms with Crippen LogP contribution < -0.4 is 0 Å². The molecule has 0 spiro atoms. The monoisotopic (exact) mass is 349 g/mol. The number of rotatable bonds is 4. The van der Waals surface area contributed by atoms with E-state index >= 15 is 0 Å². The summed E-state index contributed by atoms with van der Waals surface area (Å²) in [6.07, 6.45) is 0. The van der Waals surface area contributed by atoms with E-state index in [9.17, 15) is 4.79 Å². The largest absolute Gasteiger partial charge is 0.344 e. The molecule has 0 unspecified atom stereocenters. The molecule has 16 heavy (non-hydrogen) atoms. The van der Waals surface area contributed by atoms with E-state index < -0.39 is 0 Å². The lowest BCUT2D eigenvalue weighted by molar-refractivity contribution is 0.0794. The molecule has 1 heterocycles. The first-order chi connectivity index (χ1) is 7.56. The van der Waals surface area contributed by atoms with Gasteiger partial charge in [0.2, 0.25) is 0 Å². The Morgan fingerprint density at radius 1 is 1.69 bits per heavy atom. The van der Waals surface area contributed by atoms with E-state index in [1.807, 2.05) is 0 Å². The summed E-state index contributed by atoms with van der Waals surface area (Å²) in [4.78, 5) is 18.8. The van der Waals surface area contributed by atoms with Crippen LogP contribution in [-0.4, -0.2) is 35.9 Å². The molecule has 0 saturated heterocycles. The van der Waals surface area contributed by atoms with Crippen LogP contribution in [0.3, 0.4) is 0 Å². The Balaban J connectivity index is 2.66. The Morgan fingerprint density at radius 2 is 2.38 bits per heavy atom. The number of hydrogen-bond acceptors (Lipinski definition) is 2. The normalized spacial score (nSPS) is 9.69. The maximum absolute atomic E-state index is 11.8. The molecule has 0 aliphatic carbocycles. The van der Waals surface area contributed by atoms with Gasteiger partial charge in [0.15, 0.2) is 0 Å². The van der Waals surface area contributed by atoms with Gasteiger partial charge in [0.1, 0.15) is 5.69 Å². The van der Waals surface area contributed by atoms with Crippen LogP contribution in [0.4, 0.5) is 0 Å². The van der Waals surface area contributed by atoms with Crippen LogP contribution in [-0.2, 0) is 0 Å². The molecule has 86 valence electrons. The molecule has 0 aliphatic heterocycles. The number of H-pyrrole nitrogens is 1. The molecule has 0 aliphatic rings. The van der Waals surface area contributed by atoms with Gasteiger partial charge in [-0.3, -0.25) is 4.79 Å². The lowest BCUT2D eigenvalue weighted by Gasteiger charge is -2.14. The number of nitrogens with one attached hydrogen (secondary N) is 1. The minimum atomic E-state index is -0.153. The number of likely N-dealkylation sites (N-methyl/N-ethyl adjacent to an activating group) is 1. The Morgan fingerprint density at radius 3 is 2.88 bits per heavy atom. The summed E-state index contributed by atoms with van der Waals surface area (Å²) in [5.41, 5.74) is 8.59. The first-order valence-electron chi connectivity index (χ1n) is 4.36. The van der Waals surface area contributed by atoms with Crippen molar-refractivity contribution in [3.05, 3.63) is 31.3 Å². The van der Waals surface area contributed by atoms with Crippen molar-refractivity contribution >= 4 is 37.8 Å². The Hall–Kier alpha value is -0.980. The average molecular weight is 351 g/mol. The molecule has 0 radical (unpaired) electrons. The van der Waals surface area contributed by atoms with Gasteiger partial charge in [-0.25, -0.2) is 0 Å². The average Bonchev–Trinajstić information content (AvgIpc) is 2.58. The lowest BCUT2D eigenvalue weighted by atomic mass is 10.4. The van der Waals surface area contributed by atoms with Gasteiger partial charge in [-0.1, -0.05) is 5.11 Å². The molecule has 1 amide bonds. The van der Waals surface area contributed by atoms with Gasteiger partial charge < -0.3 is 9.88 Å². The SMILES string of the molecule is CN(CCN=[N+]=[N-])C(=O)c1cc(Br)c(Br)[nH]1. The van der Waals surface area contributed by atoms with Gasteiger partial charge in [-0.05, 0) is 43.5 Å². The number of hydrogen-bond donors (Lipinski definition) is 1. The minimum absolute atomic E-state index is 0.153. The van der Waals surface area contributed by atoms with Crippen LogP contribution in [0.2, 0.25) is 0 Å². The molecule has 0 saturated carbocycles. The smallest absolute Gasteiger partial charge is 0.270 e. The van der Waals surface area contributed by atoms with E-state index in [4.69, 9.17) is 5.53 Å². The molecular weight excluding hydrogens is 342 g/mol. The molecule has 6 nitrogen and oxygen atoms in total. The van der Waals surface area contributed by atoms with Crippen LogP contribution in [0.5, 0.6) is 0 Å².